The van der Waals surface area contributed by atoms with Gasteiger partial charge >= 0.3 is 0 Å². The number of aromatic nitrogens is 4. The second kappa shape index (κ2) is 15.0. The van der Waals surface area contributed by atoms with Crippen LogP contribution >= 0.6 is 23.2 Å². The van der Waals surface area contributed by atoms with Gasteiger partial charge in [0.25, 0.3) is 0 Å². The SMILES string of the molecule is CC(C)(C)N1CCC(n2cc([C@@H](Nc3cc(Cl)cc4c(Nc5ccc(F)c(Cl)c5)c(C#N)cnc34)c3cccc(CNS(=O)O)c3)nn2)CC1. The largest absolute Gasteiger partial charge is 0.371 e. The molecule has 5 aromatic rings. The Balaban J connectivity index is 1.40. The first-order valence-corrected chi connectivity index (χ1v) is 17.9. The molecule has 2 aromatic heterocycles. The third-order valence-electron chi connectivity index (χ3n) is 8.84. The molecule has 1 aliphatic heterocycles. The molecule has 1 fully saturated rings. The van der Waals surface area contributed by atoms with Crippen molar-refractivity contribution in [2.45, 2.75) is 57.8 Å². The molecule has 3 aromatic carbocycles. The van der Waals surface area contributed by atoms with Gasteiger partial charge in [0, 0.05) is 47.5 Å². The molecule has 15 heteroatoms. The van der Waals surface area contributed by atoms with Crippen LogP contribution in [0.5, 0.6) is 0 Å². The van der Waals surface area contributed by atoms with Crippen molar-refractivity contribution < 1.29 is 13.2 Å². The fourth-order valence-electron chi connectivity index (χ4n) is 6.23. The van der Waals surface area contributed by atoms with E-state index in [2.05, 4.69) is 62.4 Å². The number of nitrogens with one attached hydrogen (secondary N) is 3. The molecule has 0 radical (unpaired) electrons. The number of pyridine rings is 1. The fraction of sp³-hybridized carbons (Fsp3) is 0.314. The highest BCUT2D eigenvalue weighted by Crippen LogP contribution is 2.38. The van der Waals surface area contributed by atoms with Crippen LogP contribution in [0.15, 0.2) is 67.0 Å². The minimum Gasteiger partial charge on any atom is -0.371 e. The second-order valence-electron chi connectivity index (χ2n) is 13.2. The number of rotatable bonds is 10. The van der Waals surface area contributed by atoms with Crippen molar-refractivity contribution in [1.82, 2.24) is 29.6 Å². The Morgan fingerprint density at radius 2 is 1.92 bits per heavy atom. The zero-order chi connectivity index (χ0) is 35.6. The van der Waals surface area contributed by atoms with Crippen molar-refractivity contribution in [3.63, 3.8) is 0 Å². The molecule has 0 bridgehead atoms. The minimum absolute atomic E-state index is 0.0643. The van der Waals surface area contributed by atoms with Crippen LogP contribution in [0.2, 0.25) is 10.0 Å². The normalized spacial score (nSPS) is 15.5. The first kappa shape index (κ1) is 35.7. The van der Waals surface area contributed by atoms with E-state index in [1.165, 1.54) is 24.4 Å². The van der Waals surface area contributed by atoms with Crippen LogP contribution in [0, 0.1) is 17.1 Å². The molecule has 6 rings (SSSR count). The van der Waals surface area contributed by atoms with Crippen molar-refractivity contribution in [3.05, 3.63) is 105 Å². The Labute approximate surface area is 302 Å². The maximum Gasteiger partial charge on any atom is 0.232 e. The van der Waals surface area contributed by atoms with Crippen LogP contribution in [0.4, 0.5) is 21.5 Å². The van der Waals surface area contributed by atoms with Gasteiger partial charge in [-0.05, 0) is 75.1 Å². The predicted octanol–water partition coefficient (Wildman–Crippen LogP) is 7.75. The fourth-order valence-corrected chi connectivity index (χ4v) is 6.92. The van der Waals surface area contributed by atoms with Gasteiger partial charge in [-0.1, -0.05) is 52.7 Å². The van der Waals surface area contributed by atoms with E-state index in [0.29, 0.717) is 38.7 Å². The number of fused-ring (bicyclic) bond motifs is 1. The van der Waals surface area contributed by atoms with Gasteiger partial charge in [0.1, 0.15) is 17.6 Å². The van der Waals surface area contributed by atoms with E-state index in [1.54, 1.807) is 12.1 Å². The molecule has 11 nitrogen and oxygen atoms in total. The van der Waals surface area contributed by atoms with Crippen LogP contribution in [-0.2, 0) is 17.8 Å². The molecular weight excluding hydrogens is 700 g/mol. The number of hydrogen-bond donors (Lipinski definition) is 4. The van der Waals surface area contributed by atoms with Gasteiger partial charge in [-0.2, -0.15) is 5.26 Å². The number of likely N-dealkylation sites (tertiary alicyclic amines) is 1. The summed E-state index contributed by atoms with van der Waals surface area (Å²) in [6.07, 6.45) is 5.31. The second-order valence-corrected chi connectivity index (χ2v) is 14.8. The summed E-state index contributed by atoms with van der Waals surface area (Å²) in [5, 5.41) is 26.9. The molecule has 0 spiro atoms. The Hall–Kier alpha value is -4.16. The van der Waals surface area contributed by atoms with Crippen LogP contribution < -0.4 is 15.4 Å². The third-order valence-corrected chi connectivity index (χ3v) is 9.74. The molecule has 1 aliphatic rings. The number of hydrogen-bond acceptors (Lipinski definition) is 8. The Kier molecular flexibility index (Phi) is 10.7. The first-order valence-electron chi connectivity index (χ1n) is 16.0. The van der Waals surface area contributed by atoms with Crippen molar-refractivity contribution in [2.24, 2.45) is 0 Å². The van der Waals surface area contributed by atoms with Crippen molar-refractivity contribution in [1.29, 1.82) is 5.26 Å². The number of halogens is 3. The van der Waals surface area contributed by atoms with Gasteiger partial charge in [0.05, 0.1) is 45.8 Å². The molecule has 0 aliphatic carbocycles. The van der Waals surface area contributed by atoms with Crippen LogP contribution in [-0.4, -0.2) is 52.3 Å². The van der Waals surface area contributed by atoms with Gasteiger partial charge in [0.15, 0.2) is 0 Å². The summed E-state index contributed by atoms with van der Waals surface area (Å²) in [6, 6.07) is 17.1. The molecule has 260 valence electrons. The summed E-state index contributed by atoms with van der Waals surface area (Å²) in [5.41, 5.74) is 4.61. The van der Waals surface area contributed by atoms with Crippen molar-refractivity contribution in [2.75, 3.05) is 23.7 Å². The highest BCUT2D eigenvalue weighted by Gasteiger charge is 2.29. The monoisotopic (exact) mass is 735 g/mol. The van der Waals surface area contributed by atoms with Crippen molar-refractivity contribution in [3.8, 4) is 6.07 Å². The maximum absolute atomic E-state index is 13.9. The molecule has 2 atom stereocenters. The highest BCUT2D eigenvalue weighted by molar-refractivity contribution is 7.77. The van der Waals surface area contributed by atoms with Gasteiger partial charge < -0.3 is 10.6 Å². The lowest BCUT2D eigenvalue weighted by atomic mass is 9.98. The van der Waals surface area contributed by atoms with Gasteiger partial charge in [-0.15, -0.1) is 5.10 Å². The topological polar surface area (TPSA) is 144 Å². The smallest absolute Gasteiger partial charge is 0.232 e. The lowest BCUT2D eigenvalue weighted by Gasteiger charge is -2.40. The van der Waals surface area contributed by atoms with E-state index in [1.807, 2.05) is 35.1 Å². The molecule has 0 amide bonds. The predicted molar refractivity (Wildman–Crippen MR) is 195 cm³/mol. The lowest BCUT2D eigenvalue weighted by Crippen LogP contribution is -2.46. The van der Waals surface area contributed by atoms with Crippen LogP contribution in [0.1, 0.15) is 68.1 Å². The Bertz CT molecular complexity index is 2090. The molecule has 3 heterocycles. The van der Waals surface area contributed by atoms with E-state index < -0.39 is 23.1 Å². The van der Waals surface area contributed by atoms with Crippen LogP contribution in [0.3, 0.4) is 0 Å². The number of piperidine rings is 1. The molecule has 1 saturated heterocycles. The summed E-state index contributed by atoms with van der Waals surface area (Å²) in [7, 11) is 0. The zero-order valence-electron chi connectivity index (χ0n) is 27.6. The quantitative estimate of drug-likeness (QED) is 0.106. The molecule has 50 heavy (non-hydrogen) atoms. The lowest BCUT2D eigenvalue weighted by molar-refractivity contribution is 0.0866. The zero-order valence-corrected chi connectivity index (χ0v) is 30.0. The molecule has 4 N–H and O–H groups in total. The molecule has 0 saturated carbocycles. The Morgan fingerprint density at radius 3 is 2.62 bits per heavy atom. The van der Waals surface area contributed by atoms with Gasteiger partial charge in [-0.25, -0.2) is 18.0 Å². The van der Waals surface area contributed by atoms with Gasteiger partial charge in [0.2, 0.25) is 11.3 Å². The average Bonchev–Trinajstić information content (AvgIpc) is 3.58. The Morgan fingerprint density at radius 1 is 1.14 bits per heavy atom. The number of nitrogens with zero attached hydrogens (tertiary/aromatic N) is 6. The summed E-state index contributed by atoms with van der Waals surface area (Å²) in [4.78, 5) is 7.13. The van der Waals surface area contributed by atoms with E-state index in [0.717, 1.165) is 37.1 Å². The first-order chi connectivity index (χ1) is 23.9. The van der Waals surface area contributed by atoms with Crippen molar-refractivity contribution >= 4 is 62.4 Å². The summed E-state index contributed by atoms with van der Waals surface area (Å²) >= 11 is 10.6. The van der Waals surface area contributed by atoms with E-state index in [-0.39, 0.29) is 28.7 Å². The summed E-state index contributed by atoms with van der Waals surface area (Å²) in [5.74, 6) is -0.561. The maximum atomic E-state index is 13.9. The third kappa shape index (κ3) is 8.07. The minimum atomic E-state index is -2.17. The van der Waals surface area contributed by atoms with E-state index >= 15 is 0 Å². The van der Waals surface area contributed by atoms with E-state index in [4.69, 9.17) is 23.2 Å². The van der Waals surface area contributed by atoms with E-state index in [9.17, 15) is 18.4 Å². The molecule has 1 unspecified atom stereocenters. The van der Waals surface area contributed by atoms with Gasteiger partial charge in [-0.3, -0.25) is 14.4 Å². The standard InChI is InChI=1S/C35H36Cl2FN9O2S/c1-35(2,3)46-11-9-26(10-12-46)47-20-31(44-45-47)33(22-6-4-5-21(13-22)18-41-50(48)49)43-30-15-24(36)14-27-32(23(17-39)19-40-34(27)30)42-25-7-8-29(38)28(37)16-25/h4-8,13-16,19-20,26,33,41,43H,9-12,18H2,1-3H3,(H,40,42)(H,48,49)/t33-/m0/s1. The summed E-state index contributed by atoms with van der Waals surface area (Å²) in [6.45, 7) is 8.77. The average molecular weight is 737 g/mol. The molecular formula is C35H36Cl2FN9O2S. The number of anilines is 3. The van der Waals surface area contributed by atoms with Crippen LogP contribution in [0.25, 0.3) is 10.9 Å². The number of benzene rings is 3. The summed E-state index contributed by atoms with van der Waals surface area (Å²) < 4.78 is 39.1. The highest BCUT2D eigenvalue weighted by atomic mass is 35.5. The number of nitriles is 1.